The number of nitrogens with zero attached hydrogens (tertiary/aromatic N) is 3. The number of aryl methyl sites for hydroxylation is 1. The lowest BCUT2D eigenvalue weighted by molar-refractivity contribution is 0.0940. The third-order valence-corrected chi connectivity index (χ3v) is 4.15. The maximum absolute atomic E-state index is 12.2. The molecule has 1 N–H and O–H groups in total. The molecule has 1 aromatic heterocycles. The summed E-state index contributed by atoms with van der Waals surface area (Å²) in [5, 5.41) is 7.95. The minimum absolute atomic E-state index is 0.0577. The molecule has 22 heavy (non-hydrogen) atoms. The van der Waals surface area contributed by atoms with Gasteiger partial charge < -0.3 is 10.2 Å². The van der Waals surface area contributed by atoms with Crippen molar-refractivity contribution in [3.8, 4) is 0 Å². The van der Waals surface area contributed by atoms with Gasteiger partial charge in [0, 0.05) is 42.6 Å². The molecule has 1 saturated heterocycles. The van der Waals surface area contributed by atoms with Gasteiger partial charge in [0.15, 0.2) is 0 Å². The van der Waals surface area contributed by atoms with E-state index in [-0.39, 0.29) is 11.9 Å². The minimum atomic E-state index is -0.0577. The number of amides is 1. The number of aromatic nitrogens is 2. The first kappa shape index (κ1) is 14.9. The van der Waals surface area contributed by atoms with Crippen molar-refractivity contribution < 1.29 is 4.79 Å². The van der Waals surface area contributed by atoms with Gasteiger partial charge in [-0.05, 0) is 31.5 Å². The molecule has 0 aliphatic carbocycles. The lowest BCUT2D eigenvalue weighted by atomic mass is 10.2. The van der Waals surface area contributed by atoms with Crippen LogP contribution in [0.1, 0.15) is 23.7 Å². The average molecular weight is 319 g/mol. The van der Waals surface area contributed by atoms with Gasteiger partial charge in [0.2, 0.25) is 0 Å². The number of benzene rings is 1. The summed E-state index contributed by atoms with van der Waals surface area (Å²) in [6.07, 6.45) is 4.32. The Kier molecular flexibility index (Phi) is 4.34. The zero-order valence-electron chi connectivity index (χ0n) is 12.5. The fraction of sp³-hybridized carbons (Fsp3) is 0.375. The first-order valence-corrected chi connectivity index (χ1v) is 7.87. The van der Waals surface area contributed by atoms with E-state index in [1.54, 1.807) is 17.1 Å². The van der Waals surface area contributed by atoms with Crippen LogP contribution in [0.2, 0.25) is 5.02 Å². The molecule has 2 heterocycles. The van der Waals surface area contributed by atoms with Crippen LogP contribution >= 0.6 is 11.6 Å². The Balaban J connectivity index is 1.60. The predicted molar refractivity (Wildman–Crippen MR) is 87.4 cm³/mol. The molecule has 0 spiro atoms. The summed E-state index contributed by atoms with van der Waals surface area (Å²) in [6.45, 7) is 4.47. The lowest BCUT2D eigenvalue weighted by Crippen LogP contribution is -2.37. The summed E-state index contributed by atoms with van der Waals surface area (Å²) in [4.78, 5) is 14.5. The first-order valence-electron chi connectivity index (χ1n) is 7.49. The van der Waals surface area contributed by atoms with Crippen molar-refractivity contribution in [3.05, 3.63) is 47.2 Å². The van der Waals surface area contributed by atoms with Gasteiger partial charge in [0.25, 0.3) is 5.91 Å². The van der Waals surface area contributed by atoms with Gasteiger partial charge in [0.05, 0.1) is 11.8 Å². The molecule has 6 heteroatoms. The van der Waals surface area contributed by atoms with Crippen LogP contribution in [0, 0.1) is 0 Å². The van der Waals surface area contributed by atoms with Gasteiger partial charge in [-0.3, -0.25) is 9.48 Å². The zero-order valence-corrected chi connectivity index (χ0v) is 13.3. The Hall–Kier alpha value is -2.01. The van der Waals surface area contributed by atoms with Crippen molar-refractivity contribution in [2.24, 2.45) is 0 Å². The van der Waals surface area contributed by atoms with Crippen LogP contribution < -0.4 is 10.2 Å². The van der Waals surface area contributed by atoms with Crippen LogP contribution in [-0.4, -0.2) is 34.8 Å². The van der Waals surface area contributed by atoms with E-state index in [0.717, 1.165) is 36.8 Å². The number of carbonyl (C=O) groups excluding carboxylic acids is 1. The second-order valence-corrected chi connectivity index (χ2v) is 5.91. The highest BCUT2D eigenvalue weighted by Gasteiger charge is 2.24. The summed E-state index contributed by atoms with van der Waals surface area (Å²) in [5.74, 6) is -0.0577. The van der Waals surface area contributed by atoms with E-state index in [1.165, 1.54) is 0 Å². The quantitative estimate of drug-likeness (QED) is 0.942. The maximum atomic E-state index is 12.2. The van der Waals surface area contributed by atoms with Crippen LogP contribution in [0.4, 0.5) is 5.69 Å². The number of halogens is 1. The van der Waals surface area contributed by atoms with Crippen molar-refractivity contribution in [2.45, 2.75) is 25.9 Å². The predicted octanol–water partition coefficient (Wildman–Crippen LogP) is 2.57. The van der Waals surface area contributed by atoms with E-state index in [1.807, 2.05) is 31.2 Å². The van der Waals surface area contributed by atoms with Crippen molar-refractivity contribution in [1.29, 1.82) is 0 Å². The molecular formula is C16H19ClN4O. The number of carbonyl (C=O) groups is 1. The molecule has 116 valence electrons. The molecule has 0 bridgehead atoms. The third kappa shape index (κ3) is 3.25. The fourth-order valence-corrected chi connectivity index (χ4v) is 2.89. The first-order chi connectivity index (χ1) is 10.7. The highest BCUT2D eigenvalue weighted by molar-refractivity contribution is 6.30. The molecular weight excluding hydrogens is 300 g/mol. The van der Waals surface area contributed by atoms with Gasteiger partial charge in [-0.25, -0.2) is 0 Å². The summed E-state index contributed by atoms with van der Waals surface area (Å²) >= 11 is 6.03. The largest absolute Gasteiger partial charge is 0.369 e. The molecule has 5 nitrogen and oxygen atoms in total. The molecule has 1 atom stereocenters. The molecule has 3 rings (SSSR count). The van der Waals surface area contributed by atoms with E-state index in [2.05, 4.69) is 15.3 Å². The Labute approximate surface area is 134 Å². The van der Waals surface area contributed by atoms with Crippen molar-refractivity contribution in [1.82, 2.24) is 15.1 Å². The van der Waals surface area contributed by atoms with E-state index in [9.17, 15) is 4.79 Å². The lowest BCUT2D eigenvalue weighted by Gasteiger charge is -2.19. The summed E-state index contributed by atoms with van der Waals surface area (Å²) in [5.41, 5.74) is 1.71. The highest BCUT2D eigenvalue weighted by atomic mass is 35.5. The van der Waals surface area contributed by atoms with Gasteiger partial charge in [-0.2, -0.15) is 5.10 Å². The van der Waals surface area contributed by atoms with Gasteiger partial charge >= 0.3 is 0 Å². The molecule has 1 aliphatic heterocycles. The Bertz CT molecular complexity index is 670. The molecule has 1 amide bonds. The normalized spacial score (nSPS) is 17.7. The smallest absolute Gasteiger partial charge is 0.254 e. The Morgan fingerprint density at radius 3 is 3.09 bits per heavy atom. The van der Waals surface area contributed by atoms with E-state index >= 15 is 0 Å². The van der Waals surface area contributed by atoms with E-state index < -0.39 is 0 Å². The van der Waals surface area contributed by atoms with E-state index in [0.29, 0.717) is 5.56 Å². The van der Waals surface area contributed by atoms with E-state index in [4.69, 9.17) is 11.6 Å². The molecule has 0 radical (unpaired) electrons. The Morgan fingerprint density at radius 1 is 1.50 bits per heavy atom. The zero-order chi connectivity index (χ0) is 15.5. The highest BCUT2D eigenvalue weighted by Crippen LogP contribution is 2.23. The second kappa shape index (κ2) is 6.40. The fourth-order valence-electron chi connectivity index (χ4n) is 2.71. The number of rotatable bonds is 4. The second-order valence-electron chi connectivity index (χ2n) is 5.47. The standard InChI is InChI=1S/C16H19ClN4O/c1-2-21-10-12(9-18-21)16(22)19-14-6-7-20(11-14)15-5-3-4-13(17)8-15/h3-5,8-10,14H,2,6-7,11H2,1H3,(H,19,22)/t14-/m0/s1. The SMILES string of the molecule is CCn1cc(C(=O)N[C@H]2CCN(c3cccc(Cl)c3)C2)cn1. The van der Waals surface area contributed by atoms with Crippen molar-refractivity contribution in [3.63, 3.8) is 0 Å². The summed E-state index contributed by atoms with van der Waals surface area (Å²) < 4.78 is 1.75. The van der Waals surface area contributed by atoms with Crippen molar-refractivity contribution >= 4 is 23.2 Å². The Morgan fingerprint density at radius 2 is 2.36 bits per heavy atom. The molecule has 0 saturated carbocycles. The molecule has 0 unspecified atom stereocenters. The van der Waals surface area contributed by atoms with Gasteiger partial charge in [-0.1, -0.05) is 17.7 Å². The average Bonchev–Trinajstić information content (AvgIpc) is 3.16. The minimum Gasteiger partial charge on any atom is -0.369 e. The molecule has 1 fully saturated rings. The van der Waals surface area contributed by atoms with Gasteiger partial charge in [0.1, 0.15) is 0 Å². The monoisotopic (exact) mass is 318 g/mol. The number of anilines is 1. The van der Waals surface area contributed by atoms with Crippen LogP contribution in [0.5, 0.6) is 0 Å². The van der Waals surface area contributed by atoms with Crippen molar-refractivity contribution in [2.75, 3.05) is 18.0 Å². The topological polar surface area (TPSA) is 50.2 Å². The van der Waals surface area contributed by atoms with Crippen LogP contribution in [-0.2, 0) is 6.54 Å². The summed E-state index contributed by atoms with van der Waals surface area (Å²) in [7, 11) is 0. The third-order valence-electron chi connectivity index (χ3n) is 3.92. The van der Waals surface area contributed by atoms with Gasteiger partial charge in [-0.15, -0.1) is 0 Å². The molecule has 1 aromatic carbocycles. The number of hydrogen-bond acceptors (Lipinski definition) is 3. The molecule has 1 aliphatic rings. The number of hydrogen-bond donors (Lipinski definition) is 1. The van der Waals surface area contributed by atoms with Crippen LogP contribution in [0.3, 0.4) is 0 Å². The summed E-state index contributed by atoms with van der Waals surface area (Å²) in [6, 6.07) is 7.96. The molecule has 2 aromatic rings. The van der Waals surface area contributed by atoms with Crippen LogP contribution in [0.15, 0.2) is 36.7 Å². The van der Waals surface area contributed by atoms with Crippen LogP contribution in [0.25, 0.3) is 0 Å². The maximum Gasteiger partial charge on any atom is 0.254 e. The number of nitrogens with one attached hydrogen (secondary N) is 1.